The van der Waals surface area contributed by atoms with E-state index in [1.807, 2.05) is 0 Å². The number of nitrogens with zero attached hydrogens (tertiary/aromatic N) is 2. The summed E-state index contributed by atoms with van der Waals surface area (Å²) in [5.74, 6) is 1.57. The van der Waals surface area contributed by atoms with Gasteiger partial charge in [-0.05, 0) is 55.0 Å². The summed E-state index contributed by atoms with van der Waals surface area (Å²) in [6.07, 6.45) is 2.15. The van der Waals surface area contributed by atoms with Gasteiger partial charge in [0.2, 0.25) is 5.75 Å². The number of guanidine groups is 1. The number of anilines is 1. The summed E-state index contributed by atoms with van der Waals surface area (Å²) in [6, 6.07) is 8.25. The normalized spacial score (nSPS) is 15.3. The second-order valence-corrected chi connectivity index (χ2v) is 7.83. The second-order valence-electron chi connectivity index (χ2n) is 6.90. The van der Waals surface area contributed by atoms with Gasteiger partial charge in [-0.25, -0.2) is 4.99 Å². The van der Waals surface area contributed by atoms with E-state index >= 15 is 0 Å². The number of nitrogens with one attached hydrogen (secondary N) is 2. The lowest BCUT2D eigenvalue weighted by molar-refractivity contribution is 0.339. The van der Waals surface area contributed by atoms with Crippen molar-refractivity contribution < 1.29 is 14.6 Å². The van der Waals surface area contributed by atoms with E-state index in [0.717, 1.165) is 44.0 Å². The third kappa shape index (κ3) is 5.47. The Morgan fingerprint density at radius 3 is 2.48 bits per heavy atom. The number of phenolic OH excluding ortho intramolecular Hbond substituents is 1. The summed E-state index contributed by atoms with van der Waals surface area (Å²) in [5.41, 5.74) is 0.904. The average Bonchev–Trinajstić information content (AvgIpc) is 3.28. The molecule has 8 heteroatoms. The number of methoxy groups -OCH3 is 2. The van der Waals surface area contributed by atoms with E-state index in [2.05, 4.69) is 40.0 Å². The molecule has 1 aliphatic heterocycles. The summed E-state index contributed by atoms with van der Waals surface area (Å²) in [6.45, 7) is 5.40. The Morgan fingerprint density at radius 1 is 1.24 bits per heavy atom. The van der Waals surface area contributed by atoms with Crippen molar-refractivity contribution in [3.8, 4) is 17.2 Å². The van der Waals surface area contributed by atoms with Crippen LogP contribution in [0, 0.1) is 0 Å². The highest BCUT2D eigenvalue weighted by Crippen LogP contribution is 2.37. The zero-order valence-electron chi connectivity index (χ0n) is 17.3. The standard InChI is InChI=1S/C21H30N4O3S/c1-4-22-21(23-14-15-12-17(27-2)20(26)18(13-15)28-3)24-16-7-9-25(10-8-16)19-6-5-11-29-19/h5-6,11-13,16,26H,4,7-10,14H2,1-3H3,(H2,22,23,24). The SMILES string of the molecule is CCNC(=NCc1cc(OC)c(O)c(OC)c1)NC1CCN(c2cccs2)CC1. The van der Waals surface area contributed by atoms with Gasteiger partial charge in [-0.3, -0.25) is 0 Å². The number of thiophene rings is 1. The zero-order valence-corrected chi connectivity index (χ0v) is 18.1. The minimum Gasteiger partial charge on any atom is -0.502 e. The van der Waals surface area contributed by atoms with Crippen LogP contribution >= 0.6 is 11.3 Å². The number of piperidine rings is 1. The van der Waals surface area contributed by atoms with Crippen LogP contribution in [0.5, 0.6) is 17.2 Å². The van der Waals surface area contributed by atoms with Crippen LogP contribution in [-0.2, 0) is 6.54 Å². The minimum absolute atomic E-state index is 0.00487. The van der Waals surface area contributed by atoms with E-state index in [1.54, 1.807) is 23.5 Å². The average molecular weight is 419 g/mol. The molecule has 0 spiro atoms. The number of hydrogen-bond acceptors (Lipinski definition) is 6. The van der Waals surface area contributed by atoms with E-state index in [9.17, 15) is 5.11 Å². The van der Waals surface area contributed by atoms with Gasteiger partial charge in [0, 0.05) is 25.7 Å². The number of aromatic hydroxyl groups is 1. The highest BCUT2D eigenvalue weighted by atomic mass is 32.1. The van der Waals surface area contributed by atoms with E-state index in [1.165, 1.54) is 19.2 Å². The monoisotopic (exact) mass is 418 g/mol. The fourth-order valence-corrected chi connectivity index (χ4v) is 4.20. The number of aliphatic imine (C=N–C) groups is 1. The Bertz CT molecular complexity index is 777. The highest BCUT2D eigenvalue weighted by Gasteiger charge is 2.20. The maximum Gasteiger partial charge on any atom is 0.200 e. The quantitative estimate of drug-likeness (QED) is 0.473. The molecule has 0 bridgehead atoms. The molecule has 1 fully saturated rings. The maximum atomic E-state index is 10.1. The van der Waals surface area contributed by atoms with Crippen LogP contribution in [0.15, 0.2) is 34.6 Å². The summed E-state index contributed by atoms with van der Waals surface area (Å²) in [5, 5.41) is 20.4. The molecule has 0 atom stereocenters. The van der Waals surface area contributed by atoms with Crippen molar-refractivity contribution in [2.24, 2.45) is 4.99 Å². The first kappa shape index (κ1) is 21.1. The molecule has 3 rings (SSSR count). The van der Waals surface area contributed by atoms with Crippen LogP contribution in [0.25, 0.3) is 0 Å². The summed E-state index contributed by atoms with van der Waals surface area (Å²) in [4.78, 5) is 7.16. The van der Waals surface area contributed by atoms with Gasteiger partial charge in [0.1, 0.15) is 0 Å². The molecule has 1 aromatic carbocycles. The molecule has 0 saturated carbocycles. The molecule has 2 aromatic rings. The molecule has 0 aliphatic carbocycles. The Hall–Kier alpha value is -2.61. The molecule has 0 amide bonds. The molecular formula is C21H30N4O3S. The first-order valence-electron chi connectivity index (χ1n) is 9.91. The Labute approximate surface area is 176 Å². The summed E-state index contributed by atoms with van der Waals surface area (Å²) >= 11 is 1.80. The van der Waals surface area contributed by atoms with Gasteiger partial charge in [0.05, 0.1) is 25.8 Å². The number of hydrogen-bond donors (Lipinski definition) is 3. The Morgan fingerprint density at radius 2 is 1.93 bits per heavy atom. The van der Waals surface area contributed by atoms with Gasteiger partial charge < -0.3 is 30.1 Å². The van der Waals surface area contributed by atoms with Crippen molar-refractivity contribution in [3.63, 3.8) is 0 Å². The van der Waals surface area contributed by atoms with E-state index in [0.29, 0.717) is 24.1 Å². The molecule has 1 aromatic heterocycles. The fourth-order valence-electron chi connectivity index (χ4n) is 3.42. The number of phenols is 1. The molecular weight excluding hydrogens is 388 g/mol. The van der Waals surface area contributed by atoms with Gasteiger partial charge in [-0.1, -0.05) is 0 Å². The van der Waals surface area contributed by atoms with Crippen molar-refractivity contribution in [2.45, 2.75) is 32.4 Å². The first-order valence-corrected chi connectivity index (χ1v) is 10.8. The van der Waals surface area contributed by atoms with Crippen LogP contribution in [0.3, 0.4) is 0 Å². The molecule has 0 radical (unpaired) electrons. The van der Waals surface area contributed by atoms with Gasteiger partial charge in [0.15, 0.2) is 17.5 Å². The molecule has 3 N–H and O–H groups in total. The molecule has 158 valence electrons. The molecule has 29 heavy (non-hydrogen) atoms. The van der Waals surface area contributed by atoms with Crippen LogP contribution in [0.2, 0.25) is 0 Å². The molecule has 2 heterocycles. The number of rotatable bonds is 7. The first-order chi connectivity index (χ1) is 14.1. The Kier molecular flexibility index (Phi) is 7.46. The topological polar surface area (TPSA) is 78.4 Å². The summed E-state index contributed by atoms with van der Waals surface area (Å²) in [7, 11) is 3.05. The fraction of sp³-hybridized carbons (Fsp3) is 0.476. The maximum absolute atomic E-state index is 10.1. The van der Waals surface area contributed by atoms with Gasteiger partial charge >= 0.3 is 0 Å². The Balaban J connectivity index is 1.62. The van der Waals surface area contributed by atoms with E-state index < -0.39 is 0 Å². The minimum atomic E-state index is 0.00487. The zero-order chi connectivity index (χ0) is 20.6. The molecule has 1 aliphatic rings. The van der Waals surface area contributed by atoms with E-state index in [4.69, 9.17) is 14.5 Å². The van der Waals surface area contributed by atoms with Crippen molar-refractivity contribution in [3.05, 3.63) is 35.2 Å². The predicted molar refractivity (Wildman–Crippen MR) is 119 cm³/mol. The van der Waals surface area contributed by atoms with Gasteiger partial charge in [-0.15, -0.1) is 11.3 Å². The lowest BCUT2D eigenvalue weighted by Gasteiger charge is -2.33. The van der Waals surface area contributed by atoms with Crippen molar-refractivity contribution in [2.75, 3.05) is 38.8 Å². The third-order valence-electron chi connectivity index (χ3n) is 4.96. The van der Waals surface area contributed by atoms with Crippen molar-refractivity contribution >= 4 is 22.3 Å². The molecule has 7 nitrogen and oxygen atoms in total. The van der Waals surface area contributed by atoms with E-state index in [-0.39, 0.29) is 5.75 Å². The van der Waals surface area contributed by atoms with Gasteiger partial charge in [0.25, 0.3) is 0 Å². The van der Waals surface area contributed by atoms with Crippen molar-refractivity contribution in [1.82, 2.24) is 10.6 Å². The molecule has 0 unspecified atom stereocenters. The largest absolute Gasteiger partial charge is 0.502 e. The van der Waals surface area contributed by atoms with Crippen LogP contribution in [-0.4, -0.2) is 51.0 Å². The highest BCUT2D eigenvalue weighted by molar-refractivity contribution is 7.14. The lowest BCUT2D eigenvalue weighted by Crippen LogP contribution is -2.48. The summed E-state index contributed by atoms with van der Waals surface area (Å²) < 4.78 is 10.5. The predicted octanol–water partition coefficient (Wildman–Crippen LogP) is 3.20. The van der Waals surface area contributed by atoms with Crippen molar-refractivity contribution in [1.29, 1.82) is 0 Å². The second kappa shape index (κ2) is 10.2. The van der Waals surface area contributed by atoms with Crippen LogP contribution in [0.1, 0.15) is 25.3 Å². The lowest BCUT2D eigenvalue weighted by atomic mass is 10.1. The number of benzene rings is 1. The van der Waals surface area contributed by atoms with Gasteiger partial charge in [-0.2, -0.15) is 0 Å². The smallest absolute Gasteiger partial charge is 0.200 e. The third-order valence-corrected chi connectivity index (χ3v) is 5.89. The van der Waals surface area contributed by atoms with Crippen LogP contribution < -0.4 is 25.0 Å². The number of ether oxygens (including phenoxy) is 2. The molecule has 1 saturated heterocycles. The van der Waals surface area contributed by atoms with Crippen LogP contribution in [0.4, 0.5) is 5.00 Å².